The number of nitrogens with one attached hydrogen (secondary N) is 1. The van der Waals surface area contributed by atoms with Crippen molar-refractivity contribution in [2.24, 2.45) is 0 Å². The minimum Gasteiger partial charge on any atom is -0.414 e. The standard InChI is InChI=1S/C28H43N3O6Si/c1-27(2,3)38(7,8)35-19-21-15-12-16-22(37-28(4,5)34-6)25(36-21)31-18-17-23(30-26(31)33)29-24(32)20-13-10-9-11-14-20/h9-11,13-14,17-18,21-22,25H,12,15-16,19H2,1-8H3,(H,29,30,32,33)/t21-,22+,25+/m0/s1. The minimum absolute atomic E-state index is 0.0755. The van der Waals surface area contributed by atoms with E-state index >= 15 is 0 Å². The topological polar surface area (TPSA) is 101 Å². The van der Waals surface area contributed by atoms with Crippen molar-refractivity contribution >= 4 is 20.0 Å². The second-order valence-electron chi connectivity index (χ2n) is 11.7. The number of aromatic nitrogens is 2. The monoisotopic (exact) mass is 545 g/mol. The fraction of sp³-hybridized carbons (Fsp3) is 0.607. The summed E-state index contributed by atoms with van der Waals surface area (Å²) in [7, 11) is -0.398. The summed E-state index contributed by atoms with van der Waals surface area (Å²) in [4.78, 5) is 29.9. The number of rotatable bonds is 9. The minimum atomic E-state index is -1.98. The first-order valence-electron chi connectivity index (χ1n) is 13.2. The van der Waals surface area contributed by atoms with Crippen molar-refractivity contribution in [3.05, 3.63) is 58.6 Å². The van der Waals surface area contributed by atoms with E-state index in [0.717, 1.165) is 12.8 Å². The van der Waals surface area contributed by atoms with Gasteiger partial charge >= 0.3 is 5.69 Å². The van der Waals surface area contributed by atoms with Crippen LogP contribution in [0.2, 0.25) is 18.1 Å². The third-order valence-corrected chi connectivity index (χ3v) is 11.9. The summed E-state index contributed by atoms with van der Waals surface area (Å²) in [6.07, 6.45) is 2.50. The van der Waals surface area contributed by atoms with E-state index in [-0.39, 0.29) is 22.9 Å². The van der Waals surface area contributed by atoms with E-state index in [0.29, 0.717) is 18.6 Å². The normalized spacial score (nSPS) is 21.1. The van der Waals surface area contributed by atoms with E-state index < -0.39 is 32.1 Å². The summed E-state index contributed by atoms with van der Waals surface area (Å²) in [5.41, 5.74) is -0.0685. The number of amides is 1. The Morgan fingerprint density at radius 3 is 2.42 bits per heavy atom. The van der Waals surface area contributed by atoms with Crippen LogP contribution in [-0.4, -0.2) is 55.5 Å². The fourth-order valence-corrected chi connectivity index (χ4v) is 4.95. The second kappa shape index (κ2) is 12.2. The first-order chi connectivity index (χ1) is 17.7. The highest BCUT2D eigenvalue weighted by Gasteiger charge is 2.40. The highest BCUT2D eigenvalue weighted by molar-refractivity contribution is 6.74. The number of methoxy groups -OCH3 is 1. The summed E-state index contributed by atoms with van der Waals surface area (Å²) in [5, 5.41) is 2.76. The molecule has 0 saturated carbocycles. The van der Waals surface area contributed by atoms with Crippen molar-refractivity contribution in [1.29, 1.82) is 0 Å². The smallest absolute Gasteiger partial charge is 0.351 e. The zero-order chi connectivity index (χ0) is 28.1. The Kier molecular flexibility index (Phi) is 9.70. The number of carbonyl (C=O) groups excluding carboxylic acids is 1. The summed E-state index contributed by atoms with van der Waals surface area (Å²) >= 11 is 0. The van der Waals surface area contributed by atoms with E-state index in [1.165, 1.54) is 4.57 Å². The molecular weight excluding hydrogens is 502 g/mol. The van der Waals surface area contributed by atoms with Gasteiger partial charge in [0, 0.05) is 18.9 Å². The molecule has 3 atom stereocenters. The predicted octanol–water partition coefficient (Wildman–Crippen LogP) is 5.35. The van der Waals surface area contributed by atoms with E-state index in [9.17, 15) is 9.59 Å². The fourth-order valence-electron chi connectivity index (χ4n) is 3.91. The van der Waals surface area contributed by atoms with Gasteiger partial charge in [0.15, 0.2) is 20.3 Å². The Balaban J connectivity index is 1.85. The Morgan fingerprint density at radius 1 is 1.13 bits per heavy atom. The maximum Gasteiger partial charge on any atom is 0.351 e. The molecule has 210 valence electrons. The van der Waals surface area contributed by atoms with E-state index in [4.69, 9.17) is 18.6 Å². The highest BCUT2D eigenvalue weighted by Crippen LogP contribution is 2.37. The molecule has 2 heterocycles. The lowest BCUT2D eigenvalue weighted by Crippen LogP contribution is -2.44. The highest BCUT2D eigenvalue weighted by atomic mass is 28.4. The van der Waals surface area contributed by atoms with Crippen molar-refractivity contribution in [3.8, 4) is 0 Å². The molecule has 1 N–H and O–H groups in total. The zero-order valence-corrected chi connectivity index (χ0v) is 24.9. The third kappa shape index (κ3) is 7.83. The van der Waals surface area contributed by atoms with Gasteiger partial charge in [0.25, 0.3) is 5.91 Å². The Morgan fingerprint density at radius 2 is 1.82 bits per heavy atom. The van der Waals surface area contributed by atoms with Crippen molar-refractivity contribution in [1.82, 2.24) is 9.55 Å². The lowest BCUT2D eigenvalue weighted by atomic mass is 10.1. The Labute approximate surface area is 227 Å². The average molecular weight is 546 g/mol. The van der Waals surface area contributed by atoms with Gasteiger partial charge in [0.1, 0.15) is 11.9 Å². The van der Waals surface area contributed by atoms with Crippen molar-refractivity contribution in [3.63, 3.8) is 0 Å². The molecule has 10 heteroatoms. The molecule has 1 amide bonds. The van der Waals surface area contributed by atoms with Crippen LogP contribution in [0.25, 0.3) is 0 Å². The molecule has 1 aliphatic rings. The van der Waals surface area contributed by atoms with Crippen LogP contribution in [0, 0.1) is 0 Å². The van der Waals surface area contributed by atoms with Crippen LogP contribution in [0.4, 0.5) is 5.82 Å². The maximum atomic E-state index is 13.2. The molecule has 1 saturated heterocycles. The molecule has 1 aromatic carbocycles. The molecule has 9 nitrogen and oxygen atoms in total. The van der Waals surface area contributed by atoms with Crippen LogP contribution >= 0.6 is 0 Å². The number of nitrogens with zero attached hydrogens (tertiary/aromatic N) is 2. The van der Waals surface area contributed by atoms with Crippen LogP contribution in [0.15, 0.2) is 47.4 Å². The molecule has 2 aromatic rings. The van der Waals surface area contributed by atoms with Gasteiger partial charge in [-0.25, -0.2) is 4.79 Å². The van der Waals surface area contributed by atoms with Gasteiger partial charge < -0.3 is 24.0 Å². The summed E-state index contributed by atoms with van der Waals surface area (Å²) in [6, 6.07) is 10.4. The van der Waals surface area contributed by atoms with Crippen LogP contribution in [0.5, 0.6) is 0 Å². The molecule has 0 radical (unpaired) electrons. The molecule has 0 unspecified atom stereocenters. The van der Waals surface area contributed by atoms with Gasteiger partial charge in [-0.2, -0.15) is 4.98 Å². The Bertz CT molecular complexity index is 1130. The number of benzene rings is 1. The Hall–Kier alpha value is -2.37. The molecule has 38 heavy (non-hydrogen) atoms. The lowest BCUT2D eigenvalue weighted by Gasteiger charge is -2.38. The van der Waals surface area contributed by atoms with Gasteiger partial charge in [0.05, 0.1) is 12.7 Å². The third-order valence-electron chi connectivity index (χ3n) is 7.41. The number of anilines is 1. The number of hydrogen-bond donors (Lipinski definition) is 1. The van der Waals surface area contributed by atoms with Gasteiger partial charge in [-0.1, -0.05) is 39.0 Å². The molecule has 1 aromatic heterocycles. The number of carbonyl (C=O) groups is 1. The van der Waals surface area contributed by atoms with E-state index in [2.05, 4.69) is 44.2 Å². The maximum absolute atomic E-state index is 13.2. The van der Waals surface area contributed by atoms with Gasteiger partial charge in [-0.3, -0.25) is 9.36 Å². The molecule has 1 aliphatic heterocycles. The van der Waals surface area contributed by atoms with Gasteiger partial charge in [-0.15, -0.1) is 0 Å². The van der Waals surface area contributed by atoms with Crippen molar-refractivity contribution in [2.75, 3.05) is 19.0 Å². The number of ether oxygens (including phenoxy) is 3. The molecule has 3 rings (SSSR count). The quantitative estimate of drug-likeness (QED) is 0.335. The van der Waals surface area contributed by atoms with Crippen LogP contribution in [0.3, 0.4) is 0 Å². The second-order valence-corrected chi connectivity index (χ2v) is 16.5. The molecule has 1 fully saturated rings. The van der Waals surface area contributed by atoms with Crippen LogP contribution < -0.4 is 11.0 Å². The van der Waals surface area contributed by atoms with Crippen LogP contribution in [0.1, 0.15) is 70.5 Å². The molecule has 0 spiro atoms. The summed E-state index contributed by atoms with van der Waals surface area (Å²) < 4.78 is 26.2. The van der Waals surface area contributed by atoms with Gasteiger partial charge in [-0.05, 0) is 69.4 Å². The summed E-state index contributed by atoms with van der Waals surface area (Å²) in [6.45, 7) is 15.1. The SMILES string of the molecule is COC(C)(C)O[C@@H]1CCC[C@@H](CO[Si](C)(C)C(C)(C)C)O[C@H]1n1ccc(NC(=O)c2ccccc2)nc1=O. The van der Waals surface area contributed by atoms with Crippen molar-refractivity contribution < 1.29 is 23.4 Å². The molecule has 0 aliphatic carbocycles. The summed E-state index contributed by atoms with van der Waals surface area (Å²) in [5.74, 6) is -1.04. The zero-order valence-electron chi connectivity index (χ0n) is 23.9. The largest absolute Gasteiger partial charge is 0.414 e. The first-order valence-corrected chi connectivity index (χ1v) is 16.1. The molecular formula is C28H43N3O6Si. The van der Waals surface area contributed by atoms with E-state index in [1.54, 1.807) is 43.6 Å². The van der Waals surface area contributed by atoms with Crippen LogP contribution in [-0.2, 0) is 18.6 Å². The van der Waals surface area contributed by atoms with Gasteiger partial charge in [0.2, 0.25) is 0 Å². The molecule has 0 bridgehead atoms. The first kappa shape index (κ1) is 30.2. The lowest BCUT2D eigenvalue weighted by molar-refractivity contribution is -0.258. The predicted molar refractivity (Wildman–Crippen MR) is 150 cm³/mol. The average Bonchev–Trinajstić information content (AvgIpc) is 3.04. The number of hydrogen-bond acceptors (Lipinski definition) is 7. The van der Waals surface area contributed by atoms with E-state index in [1.807, 2.05) is 19.9 Å². The van der Waals surface area contributed by atoms with Crippen molar-refractivity contribution in [2.45, 2.75) is 96.2 Å².